The average molecular weight is 459 g/mol. The minimum atomic E-state index is -0.0980. The minimum absolute atomic E-state index is 0.0980. The van der Waals surface area contributed by atoms with Crippen molar-refractivity contribution in [1.82, 2.24) is 14.8 Å². The molecule has 0 atom stereocenters. The smallest absolute Gasteiger partial charge is 0.234 e. The molecule has 4 rings (SSSR count). The fraction of sp³-hybridized carbons (Fsp3) is 0.192. The number of benzene rings is 3. The molecule has 33 heavy (non-hydrogen) atoms. The van der Waals surface area contributed by atoms with E-state index in [2.05, 4.69) is 27.6 Å². The van der Waals surface area contributed by atoms with Crippen molar-refractivity contribution in [2.75, 3.05) is 11.1 Å². The van der Waals surface area contributed by atoms with Crippen molar-refractivity contribution < 1.29 is 9.90 Å². The number of anilines is 1. The van der Waals surface area contributed by atoms with Crippen LogP contribution >= 0.6 is 11.8 Å². The van der Waals surface area contributed by atoms with Crippen LogP contribution in [-0.4, -0.2) is 31.5 Å². The minimum Gasteiger partial charge on any atom is -0.507 e. The molecule has 0 saturated carbocycles. The third-order valence-corrected chi connectivity index (χ3v) is 6.37. The van der Waals surface area contributed by atoms with E-state index in [1.165, 1.54) is 17.3 Å². The molecular formula is C26H26N4O2S. The van der Waals surface area contributed by atoms with Crippen LogP contribution in [0.5, 0.6) is 5.75 Å². The zero-order valence-electron chi connectivity index (χ0n) is 18.7. The van der Waals surface area contributed by atoms with Crippen LogP contribution in [0.3, 0.4) is 0 Å². The number of aromatic nitrogens is 3. The van der Waals surface area contributed by atoms with E-state index in [-0.39, 0.29) is 17.4 Å². The zero-order valence-corrected chi connectivity index (χ0v) is 19.5. The number of phenols is 1. The molecule has 1 aromatic heterocycles. The van der Waals surface area contributed by atoms with Crippen LogP contribution in [0.2, 0.25) is 0 Å². The van der Waals surface area contributed by atoms with E-state index in [9.17, 15) is 9.90 Å². The van der Waals surface area contributed by atoms with Crippen molar-refractivity contribution >= 4 is 23.4 Å². The number of nitrogens with zero attached hydrogens (tertiary/aromatic N) is 3. The molecule has 168 valence electrons. The summed E-state index contributed by atoms with van der Waals surface area (Å²) >= 11 is 1.34. The second-order valence-corrected chi connectivity index (χ2v) is 8.76. The summed E-state index contributed by atoms with van der Waals surface area (Å²) in [5, 5.41) is 22.7. The Balaban J connectivity index is 1.54. The Morgan fingerprint density at radius 1 is 0.939 bits per heavy atom. The lowest BCUT2D eigenvalue weighted by Crippen LogP contribution is -2.16. The Labute approximate surface area is 197 Å². The average Bonchev–Trinajstić information content (AvgIpc) is 3.22. The predicted octanol–water partition coefficient (Wildman–Crippen LogP) is 5.24. The van der Waals surface area contributed by atoms with Gasteiger partial charge in [0.15, 0.2) is 11.0 Å². The molecule has 0 aliphatic carbocycles. The van der Waals surface area contributed by atoms with Gasteiger partial charge in [0, 0.05) is 12.2 Å². The summed E-state index contributed by atoms with van der Waals surface area (Å²) in [6.07, 6.45) is 0.779. The number of rotatable bonds is 8. The Bertz CT molecular complexity index is 1230. The van der Waals surface area contributed by atoms with Crippen LogP contribution in [0, 0.1) is 13.8 Å². The van der Waals surface area contributed by atoms with E-state index in [0.717, 1.165) is 23.2 Å². The number of carbonyl (C=O) groups excluding carboxylic acids is 1. The molecule has 0 bridgehead atoms. The van der Waals surface area contributed by atoms with Crippen molar-refractivity contribution in [2.45, 2.75) is 32.0 Å². The van der Waals surface area contributed by atoms with Gasteiger partial charge in [-0.3, -0.25) is 4.79 Å². The van der Waals surface area contributed by atoms with Gasteiger partial charge in [0.05, 0.1) is 11.3 Å². The standard InChI is InChI=1S/C26H26N4O2S/c1-18-9-8-10-19(2)24(18)27-23(32)17-33-26-29-28-25(21-13-6-7-14-22(21)31)30(26)16-15-20-11-4-3-5-12-20/h3-14,31H,15-17H2,1-2H3,(H,27,32). The number of hydrogen-bond acceptors (Lipinski definition) is 5. The molecule has 6 nitrogen and oxygen atoms in total. The number of carbonyl (C=O) groups is 1. The van der Waals surface area contributed by atoms with Gasteiger partial charge in [-0.15, -0.1) is 10.2 Å². The molecule has 1 amide bonds. The van der Waals surface area contributed by atoms with E-state index < -0.39 is 0 Å². The molecule has 7 heteroatoms. The van der Waals surface area contributed by atoms with Gasteiger partial charge in [0.25, 0.3) is 0 Å². The van der Waals surface area contributed by atoms with Gasteiger partial charge in [-0.1, -0.05) is 72.4 Å². The first-order valence-corrected chi connectivity index (χ1v) is 11.8. The molecule has 0 saturated heterocycles. The lowest BCUT2D eigenvalue weighted by Gasteiger charge is -2.13. The molecule has 0 aliphatic heterocycles. The van der Waals surface area contributed by atoms with Crippen LogP contribution in [-0.2, 0) is 17.8 Å². The number of para-hydroxylation sites is 2. The fourth-order valence-corrected chi connectivity index (χ4v) is 4.43. The molecule has 0 fully saturated rings. The van der Waals surface area contributed by atoms with Gasteiger partial charge in [-0.25, -0.2) is 0 Å². The molecule has 2 N–H and O–H groups in total. The van der Waals surface area contributed by atoms with E-state index >= 15 is 0 Å². The molecular weight excluding hydrogens is 432 g/mol. The van der Waals surface area contributed by atoms with E-state index in [1.807, 2.05) is 66.9 Å². The lowest BCUT2D eigenvalue weighted by atomic mass is 10.1. The number of nitrogens with one attached hydrogen (secondary N) is 1. The van der Waals surface area contributed by atoms with Crippen LogP contribution < -0.4 is 5.32 Å². The van der Waals surface area contributed by atoms with Crippen LogP contribution in [0.25, 0.3) is 11.4 Å². The molecule has 0 spiro atoms. The largest absolute Gasteiger partial charge is 0.507 e. The van der Waals surface area contributed by atoms with Crippen molar-refractivity contribution in [3.63, 3.8) is 0 Å². The highest BCUT2D eigenvalue weighted by atomic mass is 32.2. The van der Waals surface area contributed by atoms with Gasteiger partial charge in [0.1, 0.15) is 5.75 Å². The van der Waals surface area contributed by atoms with Crippen molar-refractivity contribution in [2.24, 2.45) is 0 Å². The topological polar surface area (TPSA) is 80.0 Å². The normalized spacial score (nSPS) is 10.8. The molecule has 0 aliphatic rings. The third-order valence-electron chi connectivity index (χ3n) is 5.41. The highest BCUT2D eigenvalue weighted by molar-refractivity contribution is 7.99. The first-order valence-electron chi connectivity index (χ1n) is 10.8. The summed E-state index contributed by atoms with van der Waals surface area (Å²) in [7, 11) is 0. The SMILES string of the molecule is Cc1cccc(C)c1NC(=O)CSc1nnc(-c2ccccc2O)n1CCc1ccccc1. The highest BCUT2D eigenvalue weighted by Gasteiger charge is 2.18. The van der Waals surface area contributed by atoms with Crippen LogP contribution in [0.1, 0.15) is 16.7 Å². The molecule has 1 heterocycles. The summed E-state index contributed by atoms with van der Waals surface area (Å²) < 4.78 is 1.97. The Morgan fingerprint density at radius 2 is 1.64 bits per heavy atom. The maximum atomic E-state index is 12.7. The molecule has 0 unspecified atom stereocenters. The molecule has 3 aromatic carbocycles. The number of thioether (sulfide) groups is 1. The number of aromatic hydroxyl groups is 1. The first kappa shape index (κ1) is 22.6. The monoisotopic (exact) mass is 458 g/mol. The number of phenolic OH excluding ortho intramolecular Hbond substituents is 1. The third kappa shape index (κ3) is 5.43. The fourth-order valence-electron chi connectivity index (χ4n) is 3.66. The van der Waals surface area contributed by atoms with Crippen LogP contribution in [0.15, 0.2) is 78.0 Å². The summed E-state index contributed by atoms with van der Waals surface area (Å²) in [4.78, 5) is 12.7. The van der Waals surface area contributed by atoms with Gasteiger partial charge in [-0.2, -0.15) is 0 Å². The zero-order chi connectivity index (χ0) is 23.2. The summed E-state index contributed by atoms with van der Waals surface area (Å²) in [5.74, 6) is 0.842. The number of hydrogen-bond donors (Lipinski definition) is 2. The van der Waals surface area contributed by atoms with Crippen LogP contribution in [0.4, 0.5) is 5.69 Å². The van der Waals surface area contributed by atoms with Crippen molar-refractivity contribution in [3.05, 3.63) is 89.5 Å². The number of amides is 1. The Morgan fingerprint density at radius 3 is 2.36 bits per heavy atom. The molecule has 0 radical (unpaired) electrons. The number of aryl methyl sites for hydroxylation is 3. The van der Waals surface area contributed by atoms with Gasteiger partial charge in [0.2, 0.25) is 5.91 Å². The highest BCUT2D eigenvalue weighted by Crippen LogP contribution is 2.30. The van der Waals surface area contributed by atoms with Gasteiger partial charge < -0.3 is 15.0 Å². The summed E-state index contributed by atoms with van der Waals surface area (Å²) in [6.45, 7) is 4.59. The summed E-state index contributed by atoms with van der Waals surface area (Å²) in [5.41, 5.74) is 4.72. The summed E-state index contributed by atoms with van der Waals surface area (Å²) in [6, 6.07) is 23.2. The second-order valence-electron chi connectivity index (χ2n) is 7.81. The van der Waals surface area contributed by atoms with Gasteiger partial charge >= 0.3 is 0 Å². The maximum Gasteiger partial charge on any atom is 0.234 e. The lowest BCUT2D eigenvalue weighted by molar-refractivity contribution is -0.113. The van der Waals surface area contributed by atoms with E-state index in [1.54, 1.807) is 12.1 Å². The van der Waals surface area contributed by atoms with Gasteiger partial charge in [-0.05, 0) is 49.1 Å². The molecule has 4 aromatic rings. The van der Waals surface area contributed by atoms with E-state index in [0.29, 0.717) is 23.1 Å². The second kappa shape index (κ2) is 10.4. The Hall–Kier alpha value is -3.58. The Kier molecular flexibility index (Phi) is 7.10. The predicted molar refractivity (Wildman–Crippen MR) is 133 cm³/mol. The van der Waals surface area contributed by atoms with E-state index in [4.69, 9.17) is 0 Å². The van der Waals surface area contributed by atoms with Crippen molar-refractivity contribution in [3.8, 4) is 17.1 Å². The van der Waals surface area contributed by atoms with Crippen molar-refractivity contribution in [1.29, 1.82) is 0 Å². The maximum absolute atomic E-state index is 12.7. The quantitative estimate of drug-likeness (QED) is 0.353. The first-order chi connectivity index (χ1) is 16.0.